The average molecular weight is 288 g/mol. The SMILES string of the molecule is CC(=O)CCC(=O)OCC(CO)OC(=O)CCC(C)=O. The Balaban J connectivity index is 3.96. The normalized spacial score (nSPS) is 11.6. The Labute approximate surface area is 117 Å². The molecule has 20 heavy (non-hydrogen) atoms. The van der Waals surface area contributed by atoms with Crippen LogP contribution in [0.15, 0.2) is 0 Å². The van der Waals surface area contributed by atoms with E-state index >= 15 is 0 Å². The van der Waals surface area contributed by atoms with Gasteiger partial charge in [0.15, 0.2) is 6.10 Å². The van der Waals surface area contributed by atoms with Gasteiger partial charge in [-0.25, -0.2) is 0 Å². The maximum Gasteiger partial charge on any atom is 0.306 e. The Hall–Kier alpha value is -1.76. The van der Waals surface area contributed by atoms with Gasteiger partial charge >= 0.3 is 11.9 Å². The zero-order valence-electron chi connectivity index (χ0n) is 11.7. The summed E-state index contributed by atoms with van der Waals surface area (Å²) >= 11 is 0. The van der Waals surface area contributed by atoms with Gasteiger partial charge in [0, 0.05) is 12.8 Å². The summed E-state index contributed by atoms with van der Waals surface area (Å²) in [7, 11) is 0. The van der Waals surface area contributed by atoms with Gasteiger partial charge < -0.3 is 24.2 Å². The van der Waals surface area contributed by atoms with E-state index in [1.807, 2.05) is 0 Å². The summed E-state index contributed by atoms with van der Waals surface area (Å²) in [5.74, 6) is -1.51. The third-order valence-electron chi connectivity index (χ3n) is 2.29. The van der Waals surface area contributed by atoms with Gasteiger partial charge in [-0.15, -0.1) is 0 Å². The lowest BCUT2D eigenvalue weighted by Gasteiger charge is -2.15. The van der Waals surface area contributed by atoms with E-state index in [1.54, 1.807) is 0 Å². The first-order valence-electron chi connectivity index (χ1n) is 6.30. The van der Waals surface area contributed by atoms with E-state index in [0.717, 1.165) is 0 Å². The van der Waals surface area contributed by atoms with Crippen LogP contribution in [0.4, 0.5) is 0 Å². The standard InChI is InChI=1S/C13H20O7/c1-9(15)3-5-12(17)19-8-11(7-14)20-13(18)6-4-10(2)16/h11,14H,3-8H2,1-2H3. The number of ketones is 2. The minimum atomic E-state index is -0.962. The fourth-order valence-electron chi connectivity index (χ4n) is 1.18. The van der Waals surface area contributed by atoms with Crippen LogP contribution >= 0.6 is 0 Å². The monoisotopic (exact) mass is 288 g/mol. The number of rotatable bonds is 10. The molecule has 0 aliphatic carbocycles. The van der Waals surface area contributed by atoms with Crippen molar-refractivity contribution < 1.29 is 33.8 Å². The number of carbonyl (C=O) groups is 4. The van der Waals surface area contributed by atoms with Gasteiger partial charge in [-0.2, -0.15) is 0 Å². The molecule has 0 aliphatic rings. The second-order valence-electron chi connectivity index (χ2n) is 4.38. The van der Waals surface area contributed by atoms with Crippen LogP contribution in [0.5, 0.6) is 0 Å². The molecule has 0 rings (SSSR count). The molecule has 0 amide bonds. The molecular formula is C13H20O7. The van der Waals surface area contributed by atoms with Crippen molar-refractivity contribution in [1.29, 1.82) is 0 Å². The predicted octanol–water partition coefficient (Wildman–Crippen LogP) is 0.172. The Bertz CT molecular complexity index is 362. The smallest absolute Gasteiger partial charge is 0.306 e. The molecule has 7 nitrogen and oxygen atoms in total. The molecule has 0 aromatic carbocycles. The van der Waals surface area contributed by atoms with Gasteiger partial charge in [0.1, 0.15) is 18.2 Å². The fourth-order valence-corrected chi connectivity index (χ4v) is 1.18. The molecule has 1 N–H and O–H groups in total. The number of Topliss-reactive ketones (excluding diaryl/α,β-unsaturated/α-hetero) is 2. The molecule has 0 saturated carbocycles. The van der Waals surface area contributed by atoms with Crippen LogP contribution in [0.2, 0.25) is 0 Å². The highest BCUT2D eigenvalue weighted by Gasteiger charge is 2.16. The van der Waals surface area contributed by atoms with E-state index in [2.05, 4.69) is 0 Å². The first-order valence-corrected chi connectivity index (χ1v) is 6.30. The number of hydrogen-bond donors (Lipinski definition) is 1. The minimum Gasteiger partial charge on any atom is -0.462 e. The molecule has 1 unspecified atom stereocenters. The first-order chi connectivity index (χ1) is 9.35. The third kappa shape index (κ3) is 10.2. The average Bonchev–Trinajstić information content (AvgIpc) is 2.38. The molecule has 0 bridgehead atoms. The Morgan fingerprint density at radius 2 is 1.40 bits per heavy atom. The number of carbonyl (C=O) groups excluding carboxylic acids is 4. The summed E-state index contributed by atoms with van der Waals surface area (Å²) in [6, 6.07) is 0. The van der Waals surface area contributed by atoms with E-state index in [1.165, 1.54) is 13.8 Å². The third-order valence-corrected chi connectivity index (χ3v) is 2.29. The molecule has 0 spiro atoms. The Morgan fingerprint density at radius 3 is 1.85 bits per heavy atom. The predicted molar refractivity (Wildman–Crippen MR) is 67.8 cm³/mol. The van der Waals surface area contributed by atoms with Gasteiger partial charge in [0.25, 0.3) is 0 Å². The molecule has 7 heteroatoms. The van der Waals surface area contributed by atoms with E-state index < -0.39 is 24.6 Å². The molecule has 114 valence electrons. The second kappa shape index (κ2) is 10.1. The van der Waals surface area contributed by atoms with Crippen LogP contribution in [-0.2, 0) is 28.7 Å². The van der Waals surface area contributed by atoms with Crippen molar-refractivity contribution in [2.24, 2.45) is 0 Å². The number of hydrogen-bond acceptors (Lipinski definition) is 7. The van der Waals surface area contributed by atoms with Crippen molar-refractivity contribution >= 4 is 23.5 Å². The van der Waals surface area contributed by atoms with Crippen LogP contribution in [0, 0.1) is 0 Å². The van der Waals surface area contributed by atoms with Crippen molar-refractivity contribution in [2.75, 3.05) is 13.2 Å². The maximum atomic E-state index is 11.3. The van der Waals surface area contributed by atoms with Crippen LogP contribution in [0.3, 0.4) is 0 Å². The van der Waals surface area contributed by atoms with Crippen LogP contribution in [0.1, 0.15) is 39.5 Å². The van der Waals surface area contributed by atoms with Gasteiger partial charge in [-0.05, 0) is 13.8 Å². The van der Waals surface area contributed by atoms with Crippen LogP contribution < -0.4 is 0 Å². The minimum absolute atomic E-state index is 0.0498. The zero-order valence-corrected chi connectivity index (χ0v) is 11.7. The van der Waals surface area contributed by atoms with Crippen molar-refractivity contribution in [1.82, 2.24) is 0 Å². The molecule has 0 fully saturated rings. The van der Waals surface area contributed by atoms with Crippen LogP contribution in [0.25, 0.3) is 0 Å². The highest BCUT2D eigenvalue weighted by Crippen LogP contribution is 2.01. The fraction of sp³-hybridized carbons (Fsp3) is 0.692. The number of ether oxygens (including phenoxy) is 2. The molecule has 0 aromatic rings. The quantitative estimate of drug-likeness (QED) is 0.571. The zero-order chi connectivity index (χ0) is 15.5. The lowest BCUT2D eigenvalue weighted by Crippen LogP contribution is -2.28. The molecule has 0 radical (unpaired) electrons. The molecular weight excluding hydrogens is 268 g/mol. The summed E-state index contributed by atoms with van der Waals surface area (Å²) in [5.41, 5.74) is 0. The van der Waals surface area contributed by atoms with Crippen molar-refractivity contribution in [2.45, 2.75) is 45.6 Å². The van der Waals surface area contributed by atoms with Crippen molar-refractivity contribution in [3.63, 3.8) is 0 Å². The molecule has 0 saturated heterocycles. The van der Waals surface area contributed by atoms with Crippen molar-refractivity contribution in [3.8, 4) is 0 Å². The van der Waals surface area contributed by atoms with E-state index in [-0.39, 0.29) is 43.9 Å². The van der Waals surface area contributed by atoms with E-state index in [9.17, 15) is 19.2 Å². The van der Waals surface area contributed by atoms with E-state index in [0.29, 0.717) is 0 Å². The highest BCUT2D eigenvalue weighted by atomic mass is 16.6. The largest absolute Gasteiger partial charge is 0.462 e. The van der Waals surface area contributed by atoms with Gasteiger partial charge in [0.2, 0.25) is 0 Å². The van der Waals surface area contributed by atoms with Gasteiger partial charge in [-0.1, -0.05) is 0 Å². The highest BCUT2D eigenvalue weighted by molar-refractivity contribution is 5.81. The lowest BCUT2D eigenvalue weighted by atomic mass is 10.2. The topological polar surface area (TPSA) is 107 Å². The number of aliphatic hydroxyl groups excluding tert-OH is 1. The van der Waals surface area contributed by atoms with Crippen molar-refractivity contribution in [3.05, 3.63) is 0 Å². The summed E-state index contributed by atoms with van der Waals surface area (Å²) in [4.78, 5) is 43.9. The lowest BCUT2D eigenvalue weighted by molar-refractivity contribution is -0.161. The summed E-state index contributed by atoms with van der Waals surface area (Å²) in [6.45, 7) is 1.94. The second-order valence-corrected chi connectivity index (χ2v) is 4.38. The van der Waals surface area contributed by atoms with Gasteiger partial charge in [-0.3, -0.25) is 9.59 Å². The molecule has 0 aliphatic heterocycles. The number of aliphatic hydroxyl groups is 1. The van der Waals surface area contributed by atoms with Crippen LogP contribution in [-0.4, -0.2) is 47.9 Å². The maximum absolute atomic E-state index is 11.3. The molecule has 0 heterocycles. The summed E-state index contributed by atoms with van der Waals surface area (Å²) in [6.07, 6.45) is -0.942. The first kappa shape index (κ1) is 18.2. The molecule has 0 aromatic heterocycles. The van der Waals surface area contributed by atoms with E-state index in [4.69, 9.17) is 14.6 Å². The molecule has 1 atom stereocenters. The Morgan fingerprint density at radius 1 is 0.900 bits per heavy atom. The Kier molecular flexibility index (Phi) is 9.19. The van der Waals surface area contributed by atoms with Gasteiger partial charge in [0.05, 0.1) is 19.4 Å². The summed E-state index contributed by atoms with van der Waals surface area (Å²) in [5, 5.41) is 8.99. The summed E-state index contributed by atoms with van der Waals surface area (Å²) < 4.78 is 9.62. The number of esters is 2.